The molecule has 0 aliphatic heterocycles. The first-order chi connectivity index (χ1) is 12.7. The average Bonchev–Trinajstić information content (AvgIpc) is 2.65. The molecule has 2 aromatic carbocycles. The maximum Gasteiger partial charge on any atom is 0.407 e. The Morgan fingerprint density at radius 1 is 1.04 bits per heavy atom. The van der Waals surface area contributed by atoms with Crippen molar-refractivity contribution in [3.05, 3.63) is 54.1 Å². The van der Waals surface area contributed by atoms with Gasteiger partial charge in [0.05, 0.1) is 19.9 Å². The van der Waals surface area contributed by atoms with Crippen molar-refractivity contribution in [3.8, 4) is 11.5 Å². The smallest absolute Gasteiger partial charge is 0.407 e. The minimum Gasteiger partial charge on any atom is -0.497 e. The number of amides is 1. The predicted molar refractivity (Wildman–Crippen MR) is 99.7 cm³/mol. The van der Waals surface area contributed by atoms with E-state index >= 15 is 0 Å². The molecule has 1 aliphatic carbocycles. The van der Waals surface area contributed by atoms with Gasteiger partial charge in [-0.3, -0.25) is 0 Å². The number of carbonyl (C=O) groups excluding carboxylic acids is 1. The molecule has 0 unspecified atom stereocenters. The van der Waals surface area contributed by atoms with Crippen molar-refractivity contribution in [2.24, 2.45) is 0 Å². The monoisotopic (exact) mass is 356 g/mol. The van der Waals surface area contributed by atoms with Gasteiger partial charge in [0.25, 0.3) is 0 Å². The highest BCUT2D eigenvalue weighted by atomic mass is 16.5. The topological polar surface area (TPSA) is 68.8 Å². The number of nitrogens with one attached hydrogen (secondary N) is 2. The Morgan fingerprint density at radius 2 is 1.81 bits per heavy atom. The Kier molecular flexibility index (Phi) is 5.84. The highest BCUT2D eigenvalue weighted by molar-refractivity contribution is 5.68. The van der Waals surface area contributed by atoms with Crippen molar-refractivity contribution in [2.75, 3.05) is 19.5 Å². The van der Waals surface area contributed by atoms with Crippen molar-refractivity contribution in [2.45, 2.75) is 31.5 Å². The van der Waals surface area contributed by atoms with E-state index in [1.807, 2.05) is 48.5 Å². The lowest BCUT2D eigenvalue weighted by atomic mass is 9.86. The molecule has 0 heterocycles. The number of methoxy groups -OCH3 is 2. The first kappa shape index (κ1) is 17.9. The Hall–Kier alpha value is -2.89. The summed E-state index contributed by atoms with van der Waals surface area (Å²) in [5.74, 6) is 1.54. The van der Waals surface area contributed by atoms with Crippen LogP contribution in [0.5, 0.6) is 11.5 Å². The second-order valence-corrected chi connectivity index (χ2v) is 6.28. The summed E-state index contributed by atoms with van der Waals surface area (Å²) in [6.07, 6.45) is 1.29. The van der Waals surface area contributed by atoms with E-state index in [2.05, 4.69) is 10.6 Å². The van der Waals surface area contributed by atoms with Crippen LogP contribution in [0, 0.1) is 0 Å². The van der Waals surface area contributed by atoms with Crippen molar-refractivity contribution in [1.82, 2.24) is 5.32 Å². The van der Waals surface area contributed by atoms with Crippen molar-refractivity contribution < 1.29 is 19.0 Å². The van der Waals surface area contributed by atoms with Crippen molar-refractivity contribution in [1.29, 1.82) is 0 Å². The molecular weight excluding hydrogens is 332 g/mol. The molecule has 2 aromatic rings. The van der Waals surface area contributed by atoms with Crippen LogP contribution in [0.25, 0.3) is 0 Å². The summed E-state index contributed by atoms with van der Waals surface area (Å²) in [6, 6.07) is 15.7. The third-order valence-corrected chi connectivity index (χ3v) is 4.44. The number of alkyl carbamates (subject to hydrolysis) is 1. The molecule has 0 aromatic heterocycles. The van der Waals surface area contributed by atoms with Gasteiger partial charge >= 0.3 is 6.09 Å². The van der Waals surface area contributed by atoms with Gasteiger partial charge in [-0.15, -0.1) is 0 Å². The van der Waals surface area contributed by atoms with E-state index < -0.39 is 0 Å². The standard InChI is InChI=1S/C20H24N2O4/c1-24-17-8-9-19(25-2)18(12-17)21-15-10-16(11-15)22-20(23)26-13-14-6-4-3-5-7-14/h3-9,12,15-16,21H,10-11,13H2,1-2H3,(H,22,23). The van der Waals surface area contributed by atoms with Gasteiger partial charge < -0.3 is 24.8 Å². The fraction of sp³-hybridized carbons (Fsp3) is 0.350. The molecule has 26 heavy (non-hydrogen) atoms. The first-order valence-electron chi connectivity index (χ1n) is 8.63. The lowest BCUT2D eigenvalue weighted by Gasteiger charge is -2.36. The lowest BCUT2D eigenvalue weighted by molar-refractivity contribution is 0.129. The van der Waals surface area contributed by atoms with Gasteiger partial charge in [-0.2, -0.15) is 0 Å². The van der Waals surface area contributed by atoms with E-state index in [1.165, 1.54) is 0 Å². The van der Waals surface area contributed by atoms with Gasteiger partial charge in [0.2, 0.25) is 0 Å². The molecule has 1 fully saturated rings. The largest absolute Gasteiger partial charge is 0.497 e. The molecule has 0 radical (unpaired) electrons. The molecular formula is C20H24N2O4. The second kappa shape index (κ2) is 8.47. The Morgan fingerprint density at radius 3 is 2.50 bits per heavy atom. The molecule has 0 saturated heterocycles. The minimum absolute atomic E-state index is 0.118. The Labute approximate surface area is 153 Å². The van der Waals surface area contributed by atoms with Crippen LogP contribution >= 0.6 is 0 Å². The predicted octanol–water partition coefficient (Wildman–Crippen LogP) is 3.57. The molecule has 1 saturated carbocycles. The normalized spacial score (nSPS) is 18.4. The number of rotatable bonds is 7. The van der Waals surface area contributed by atoms with Gasteiger partial charge in [-0.05, 0) is 30.5 Å². The van der Waals surface area contributed by atoms with Crippen LogP contribution < -0.4 is 20.1 Å². The van der Waals surface area contributed by atoms with Crippen LogP contribution in [0.15, 0.2) is 48.5 Å². The van der Waals surface area contributed by atoms with Crippen LogP contribution in [0.3, 0.4) is 0 Å². The SMILES string of the molecule is COc1ccc(OC)c(NC2CC(NC(=O)OCc3ccccc3)C2)c1. The van der Waals surface area contributed by atoms with Gasteiger partial charge in [-0.25, -0.2) is 4.79 Å². The van der Waals surface area contributed by atoms with Crippen molar-refractivity contribution >= 4 is 11.8 Å². The van der Waals surface area contributed by atoms with Crippen LogP contribution in [0.1, 0.15) is 18.4 Å². The van der Waals surface area contributed by atoms with E-state index in [9.17, 15) is 4.79 Å². The number of carbonyl (C=O) groups is 1. The molecule has 2 N–H and O–H groups in total. The average molecular weight is 356 g/mol. The highest BCUT2D eigenvalue weighted by Gasteiger charge is 2.31. The fourth-order valence-corrected chi connectivity index (χ4v) is 2.93. The zero-order valence-electron chi connectivity index (χ0n) is 15.0. The summed E-state index contributed by atoms with van der Waals surface area (Å²) in [5.41, 5.74) is 1.86. The summed E-state index contributed by atoms with van der Waals surface area (Å²) in [4.78, 5) is 11.9. The minimum atomic E-state index is -0.378. The number of ether oxygens (including phenoxy) is 3. The van der Waals surface area contributed by atoms with Crippen LogP contribution in [-0.4, -0.2) is 32.4 Å². The maximum absolute atomic E-state index is 11.9. The zero-order chi connectivity index (χ0) is 18.4. The highest BCUT2D eigenvalue weighted by Crippen LogP contribution is 2.32. The summed E-state index contributed by atoms with van der Waals surface area (Å²) in [7, 11) is 3.27. The third-order valence-electron chi connectivity index (χ3n) is 4.44. The van der Waals surface area contributed by atoms with E-state index in [0.717, 1.165) is 35.6 Å². The van der Waals surface area contributed by atoms with E-state index in [4.69, 9.17) is 14.2 Å². The number of anilines is 1. The fourth-order valence-electron chi connectivity index (χ4n) is 2.93. The summed E-state index contributed by atoms with van der Waals surface area (Å²) < 4.78 is 15.9. The van der Waals surface area contributed by atoms with Gasteiger partial charge in [0.15, 0.2) is 0 Å². The molecule has 6 heteroatoms. The molecule has 138 valence electrons. The zero-order valence-corrected chi connectivity index (χ0v) is 15.0. The van der Waals surface area contributed by atoms with Gasteiger partial charge in [0, 0.05) is 18.2 Å². The second-order valence-electron chi connectivity index (χ2n) is 6.28. The number of hydrogen-bond donors (Lipinski definition) is 2. The Balaban J connectivity index is 1.42. The van der Waals surface area contributed by atoms with Gasteiger partial charge in [-0.1, -0.05) is 30.3 Å². The van der Waals surface area contributed by atoms with E-state index in [-0.39, 0.29) is 24.8 Å². The molecule has 0 atom stereocenters. The van der Waals surface area contributed by atoms with Crippen LogP contribution in [0.4, 0.5) is 10.5 Å². The lowest BCUT2D eigenvalue weighted by Crippen LogP contribution is -2.49. The number of benzene rings is 2. The van der Waals surface area contributed by atoms with Crippen LogP contribution in [0.2, 0.25) is 0 Å². The quantitative estimate of drug-likeness (QED) is 0.794. The van der Waals surface area contributed by atoms with E-state index in [0.29, 0.717) is 0 Å². The molecule has 1 amide bonds. The third kappa shape index (κ3) is 4.59. The maximum atomic E-state index is 11.9. The number of hydrogen-bond acceptors (Lipinski definition) is 5. The summed E-state index contributed by atoms with van der Waals surface area (Å²) in [5, 5.41) is 6.33. The molecule has 6 nitrogen and oxygen atoms in total. The van der Waals surface area contributed by atoms with E-state index in [1.54, 1.807) is 14.2 Å². The molecule has 0 spiro atoms. The van der Waals surface area contributed by atoms with Crippen LogP contribution in [-0.2, 0) is 11.3 Å². The Bertz CT molecular complexity index is 730. The molecule has 3 rings (SSSR count). The molecule has 1 aliphatic rings. The summed E-state index contributed by atoms with van der Waals surface area (Å²) >= 11 is 0. The first-order valence-corrected chi connectivity index (χ1v) is 8.63. The van der Waals surface area contributed by atoms with Gasteiger partial charge in [0.1, 0.15) is 18.1 Å². The van der Waals surface area contributed by atoms with Crippen molar-refractivity contribution in [3.63, 3.8) is 0 Å². The molecule has 0 bridgehead atoms. The summed E-state index contributed by atoms with van der Waals surface area (Å²) in [6.45, 7) is 0.280.